The minimum absolute atomic E-state index is 0.0785. The molecule has 26 heavy (non-hydrogen) atoms. The third-order valence-electron chi connectivity index (χ3n) is 3.25. The SMILES string of the molecule is C[C@H](OC(=O)c1ccc(F)cc1Cl)C(=O)Nc1ccc(S(N)(=O)=O)cc1. The highest BCUT2D eigenvalue weighted by Gasteiger charge is 2.21. The number of nitrogens with two attached hydrogens (primary N) is 1. The van der Waals surface area contributed by atoms with Crippen LogP contribution in [0.1, 0.15) is 17.3 Å². The predicted octanol–water partition coefficient (Wildman–Crippen LogP) is 2.31. The van der Waals surface area contributed by atoms with Gasteiger partial charge >= 0.3 is 5.97 Å². The standard InChI is InChI=1S/C16H14ClFN2O5S/c1-9(25-16(22)13-7-2-10(18)8-14(13)17)15(21)20-11-3-5-12(6-4-11)26(19,23)24/h2-9H,1H3,(H,20,21)(H2,19,23,24)/t9-/m0/s1. The van der Waals surface area contributed by atoms with E-state index in [9.17, 15) is 22.4 Å². The zero-order valence-electron chi connectivity index (χ0n) is 13.4. The number of benzene rings is 2. The van der Waals surface area contributed by atoms with E-state index in [1.165, 1.54) is 31.2 Å². The molecular formula is C16H14ClFN2O5S. The Bertz CT molecular complexity index is 948. The van der Waals surface area contributed by atoms with Gasteiger partial charge in [0.2, 0.25) is 10.0 Å². The van der Waals surface area contributed by atoms with Crippen LogP contribution in [0.25, 0.3) is 0 Å². The molecule has 2 rings (SSSR count). The Kier molecular flexibility index (Phi) is 5.96. The van der Waals surface area contributed by atoms with E-state index in [0.29, 0.717) is 0 Å². The molecule has 0 aliphatic carbocycles. The molecule has 0 spiro atoms. The average molecular weight is 401 g/mol. The molecule has 0 bridgehead atoms. The van der Waals surface area contributed by atoms with Gasteiger partial charge in [0.25, 0.3) is 5.91 Å². The second kappa shape index (κ2) is 7.81. The summed E-state index contributed by atoms with van der Waals surface area (Å²) in [6, 6.07) is 8.26. The van der Waals surface area contributed by atoms with Gasteiger partial charge in [0.1, 0.15) is 5.82 Å². The minimum atomic E-state index is -3.84. The third-order valence-corrected chi connectivity index (χ3v) is 4.50. The second-order valence-corrected chi connectivity index (χ2v) is 7.20. The number of sulfonamides is 1. The fraction of sp³-hybridized carbons (Fsp3) is 0.125. The van der Waals surface area contributed by atoms with Crippen LogP contribution in [-0.2, 0) is 19.6 Å². The highest BCUT2D eigenvalue weighted by molar-refractivity contribution is 7.89. The lowest BCUT2D eigenvalue weighted by Crippen LogP contribution is -2.30. The molecule has 3 N–H and O–H groups in total. The van der Waals surface area contributed by atoms with E-state index in [2.05, 4.69) is 5.32 Å². The third kappa shape index (κ3) is 5.01. The summed E-state index contributed by atoms with van der Waals surface area (Å²) in [5.74, 6) is -2.15. The molecule has 2 aromatic rings. The van der Waals surface area contributed by atoms with Crippen molar-refractivity contribution in [2.24, 2.45) is 5.14 Å². The van der Waals surface area contributed by atoms with Gasteiger partial charge in [-0.3, -0.25) is 4.79 Å². The number of hydrogen-bond donors (Lipinski definition) is 2. The van der Waals surface area contributed by atoms with Crippen LogP contribution in [0.15, 0.2) is 47.4 Å². The van der Waals surface area contributed by atoms with Crippen molar-refractivity contribution in [3.05, 3.63) is 58.9 Å². The molecule has 1 amide bonds. The van der Waals surface area contributed by atoms with Crippen molar-refractivity contribution < 1.29 is 27.1 Å². The highest BCUT2D eigenvalue weighted by Crippen LogP contribution is 2.19. The second-order valence-electron chi connectivity index (χ2n) is 5.23. The van der Waals surface area contributed by atoms with E-state index in [4.69, 9.17) is 21.5 Å². The topological polar surface area (TPSA) is 116 Å². The predicted molar refractivity (Wildman–Crippen MR) is 92.7 cm³/mol. The molecule has 1 atom stereocenters. The van der Waals surface area contributed by atoms with Crippen LogP contribution in [0.4, 0.5) is 10.1 Å². The van der Waals surface area contributed by atoms with Crippen LogP contribution in [0.5, 0.6) is 0 Å². The number of nitrogens with one attached hydrogen (secondary N) is 1. The number of rotatable bonds is 5. The summed E-state index contributed by atoms with van der Waals surface area (Å²) < 4.78 is 40.4. The van der Waals surface area contributed by atoms with E-state index in [1.54, 1.807) is 0 Å². The number of hydrogen-bond acceptors (Lipinski definition) is 5. The fourth-order valence-electron chi connectivity index (χ4n) is 1.90. The molecule has 0 aromatic heterocycles. The number of ether oxygens (including phenoxy) is 1. The average Bonchev–Trinajstić information content (AvgIpc) is 2.54. The summed E-state index contributed by atoms with van der Waals surface area (Å²) in [6.45, 7) is 1.34. The molecule has 0 unspecified atom stereocenters. The Morgan fingerprint density at radius 1 is 1.19 bits per heavy atom. The Morgan fingerprint density at radius 3 is 2.35 bits per heavy atom. The first-order chi connectivity index (χ1) is 12.1. The van der Waals surface area contributed by atoms with Crippen LogP contribution < -0.4 is 10.5 Å². The van der Waals surface area contributed by atoms with Crippen LogP contribution in [-0.4, -0.2) is 26.4 Å². The van der Waals surface area contributed by atoms with Crippen LogP contribution in [0.2, 0.25) is 5.02 Å². The molecule has 0 aliphatic rings. The Morgan fingerprint density at radius 2 is 1.81 bits per heavy atom. The number of carbonyl (C=O) groups excluding carboxylic acids is 2. The zero-order chi connectivity index (χ0) is 19.5. The summed E-state index contributed by atoms with van der Waals surface area (Å²) in [7, 11) is -3.84. The van der Waals surface area contributed by atoms with Crippen molar-refractivity contribution in [3.8, 4) is 0 Å². The monoisotopic (exact) mass is 400 g/mol. The van der Waals surface area contributed by atoms with Crippen molar-refractivity contribution in [2.45, 2.75) is 17.9 Å². The maximum Gasteiger partial charge on any atom is 0.340 e. The lowest BCUT2D eigenvalue weighted by Gasteiger charge is -2.14. The molecule has 0 saturated carbocycles. The van der Waals surface area contributed by atoms with Gasteiger partial charge in [-0.2, -0.15) is 0 Å². The van der Waals surface area contributed by atoms with Gasteiger partial charge in [-0.1, -0.05) is 11.6 Å². The molecule has 0 saturated heterocycles. The van der Waals surface area contributed by atoms with Gasteiger partial charge in [0.15, 0.2) is 6.10 Å². The molecule has 0 radical (unpaired) electrons. The number of amides is 1. The molecule has 138 valence electrons. The van der Waals surface area contributed by atoms with E-state index in [-0.39, 0.29) is 21.2 Å². The number of carbonyl (C=O) groups is 2. The Labute approximate surface area is 154 Å². The molecule has 2 aromatic carbocycles. The first-order valence-electron chi connectivity index (χ1n) is 7.17. The number of anilines is 1. The van der Waals surface area contributed by atoms with Crippen molar-refractivity contribution in [1.82, 2.24) is 0 Å². The van der Waals surface area contributed by atoms with Crippen molar-refractivity contribution >= 4 is 39.2 Å². The van der Waals surface area contributed by atoms with E-state index >= 15 is 0 Å². The summed E-state index contributed by atoms with van der Waals surface area (Å²) in [5, 5.41) is 7.30. The Balaban J connectivity index is 2.02. The van der Waals surface area contributed by atoms with Crippen molar-refractivity contribution in [2.75, 3.05) is 5.32 Å². The minimum Gasteiger partial charge on any atom is -0.449 e. The van der Waals surface area contributed by atoms with E-state index < -0.39 is 33.8 Å². The normalized spacial score (nSPS) is 12.3. The lowest BCUT2D eigenvalue weighted by atomic mass is 10.2. The summed E-state index contributed by atoms with van der Waals surface area (Å²) >= 11 is 5.77. The first-order valence-corrected chi connectivity index (χ1v) is 9.10. The van der Waals surface area contributed by atoms with E-state index in [0.717, 1.165) is 18.2 Å². The summed E-state index contributed by atoms with van der Waals surface area (Å²) in [5.41, 5.74) is 0.204. The van der Waals surface area contributed by atoms with Crippen molar-refractivity contribution in [3.63, 3.8) is 0 Å². The van der Waals surface area contributed by atoms with Crippen molar-refractivity contribution in [1.29, 1.82) is 0 Å². The fourth-order valence-corrected chi connectivity index (χ4v) is 2.66. The first kappa shape index (κ1) is 19.8. The maximum atomic E-state index is 13.0. The van der Waals surface area contributed by atoms with Gasteiger partial charge in [-0.15, -0.1) is 0 Å². The number of halogens is 2. The molecular weight excluding hydrogens is 387 g/mol. The molecule has 0 fully saturated rings. The Hall–Kier alpha value is -2.49. The quantitative estimate of drug-likeness (QED) is 0.747. The smallest absolute Gasteiger partial charge is 0.340 e. The van der Waals surface area contributed by atoms with Gasteiger partial charge in [-0.05, 0) is 49.4 Å². The molecule has 7 nitrogen and oxygen atoms in total. The number of esters is 1. The van der Waals surface area contributed by atoms with Crippen LogP contribution in [0.3, 0.4) is 0 Å². The molecule has 0 aliphatic heterocycles. The molecule has 0 heterocycles. The maximum absolute atomic E-state index is 13.0. The van der Waals surface area contributed by atoms with Crippen LogP contribution >= 0.6 is 11.6 Å². The zero-order valence-corrected chi connectivity index (χ0v) is 15.0. The number of primary sulfonamides is 1. The van der Waals surface area contributed by atoms with Gasteiger partial charge < -0.3 is 10.1 Å². The van der Waals surface area contributed by atoms with Gasteiger partial charge in [-0.25, -0.2) is 22.7 Å². The summed E-state index contributed by atoms with van der Waals surface area (Å²) in [4.78, 5) is 24.0. The molecule has 10 heteroatoms. The van der Waals surface area contributed by atoms with Gasteiger partial charge in [0, 0.05) is 5.69 Å². The highest BCUT2D eigenvalue weighted by atomic mass is 35.5. The largest absolute Gasteiger partial charge is 0.449 e. The van der Waals surface area contributed by atoms with E-state index in [1.807, 2.05) is 0 Å². The van der Waals surface area contributed by atoms with Crippen LogP contribution in [0, 0.1) is 5.82 Å². The lowest BCUT2D eigenvalue weighted by molar-refractivity contribution is -0.123. The van der Waals surface area contributed by atoms with Gasteiger partial charge in [0.05, 0.1) is 15.5 Å². The summed E-state index contributed by atoms with van der Waals surface area (Å²) in [6.07, 6.45) is -1.18.